The first-order chi connectivity index (χ1) is 10.5. The van der Waals surface area contributed by atoms with Crippen molar-refractivity contribution in [3.8, 4) is 0 Å². The van der Waals surface area contributed by atoms with Crippen molar-refractivity contribution >= 4 is 6.09 Å². The molecule has 0 aliphatic carbocycles. The van der Waals surface area contributed by atoms with Crippen LogP contribution in [-0.4, -0.2) is 31.1 Å². The molecule has 1 fully saturated rings. The van der Waals surface area contributed by atoms with Crippen LogP contribution in [-0.2, 0) is 20.8 Å². The monoisotopic (exact) mass is 307 g/mol. The Balaban J connectivity index is 1.90. The summed E-state index contributed by atoms with van der Waals surface area (Å²) in [6.07, 6.45) is 0.312. The zero-order valence-corrected chi connectivity index (χ0v) is 13.5. The highest BCUT2D eigenvalue weighted by Gasteiger charge is 2.41. The average molecular weight is 307 g/mol. The Hall–Kier alpha value is -1.59. The van der Waals surface area contributed by atoms with Crippen LogP contribution in [0.4, 0.5) is 4.79 Å². The molecule has 0 spiro atoms. The second-order valence-corrected chi connectivity index (χ2v) is 6.10. The zero-order valence-electron chi connectivity index (χ0n) is 13.5. The Morgan fingerprint density at radius 1 is 1.27 bits per heavy atom. The van der Waals surface area contributed by atoms with Gasteiger partial charge in [0.25, 0.3) is 0 Å². The minimum Gasteiger partial charge on any atom is -0.445 e. The lowest BCUT2D eigenvalue weighted by molar-refractivity contribution is -0.166. The number of hydrogen-bond acceptors (Lipinski definition) is 4. The van der Waals surface area contributed by atoms with Crippen LogP contribution >= 0.6 is 0 Å². The second kappa shape index (κ2) is 7.61. The normalized spacial score (nSPS) is 18.2. The van der Waals surface area contributed by atoms with Gasteiger partial charge < -0.3 is 19.5 Å². The molecular formula is C17H25NO4. The molecule has 1 aliphatic rings. The lowest BCUT2D eigenvalue weighted by atomic mass is 9.97. The summed E-state index contributed by atoms with van der Waals surface area (Å²) in [7, 11) is 0. The van der Waals surface area contributed by atoms with Crippen LogP contribution in [0.25, 0.3) is 0 Å². The fraction of sp³-hybridized carbons (Fsp3) is 0.588. The molecule has 1 amide bonds. The van der Waals surface area contributed by atoms with Crippen molar-refractivity contribution in [2.24, 2.45) is 5.92 Å². The molecule has 5 nitrogen and oxygen atoms in total. The van der Waals surface area contributed by atoms with Gasteiger partial charge in [-0.1, -0.05) is 44.2 Å². The van der Waals surface area contributed by atoms with E-state index in [-0.39, 0.29) is 12.6 Å². The summed E-state index contributed by atoms with van der Waals surface area (Å²) in [5.41, 5.74) is 0.956. The van der Waals surface area contributed by atoms with E-state index in [9.17, 15) is 4.79 Å². The molecule has 1 aliphatic heterocycles. The van der Waals surface area contributed by atoms with Crippen LogP contribution in [0, 0.1) is 5.92 Å². The molecule has 5 heteroatoms. The van der Waals surface area contributed by atoms with Crippen LogP contribution in [0.2, 0.25) is 0 Å². The molecule has 1 saturated heterocycles. The Kier molecular flexibility index (Phi) is 5.80. The first-order valence-electron chi connectivity index (χ1n) is 7.75. The van der Waals surface area contributed by atoms with E-state index in [0.717, 1.165) is 12.0 Å². The third kappa shape index (κ3) is 4.71. The molecule has 0 unspecified atom stereocenters. The molecule has 0 radical (unpaired) electrons. The van der Waals surface area contributed by atoms with Crippen molar-refractivity contribution in [2.45, 2.75) is 45.6 Å². The smallest absolute Gasteiger partial charge is 0.407 e. The van der Waals surface area contributed by atoms with Crippen LogP contribution in [0.15, 0.2) is 30.3 Å². The molecule has 1 atom stereocenters. The highest BCUT2D eigenvalue weighted by atomic mass is 16.7. The maximum atomic E-state index is 12.1. The van der Waals surface area contributed by atoms with E-state index >= 15 is 0 Å². The number of amides is 1. The summed E-state index contributed by atoms with van der Waals surface area (Å²) in [4.78, 5) is 12.1. The van der Waals surface area contributed by atoms with Crippen molar-refractivity contribution in [2.75, 3.05) is 13.2 Å². The minimum atomic E-state index is -0.782. The molecule has 1 aromatic carbocycles. The molecule has 1 heterocycles. The van der Waals surface area contributed by atoms with E-state index in [1.54, 1.807) is 0 Å². The number of benzene rings is 1. The quantitative estimate of drug-likeness (QED) is 0.877. The Morgan fingerprint density at radius 3 is 2.50 bits per heavy atom. The van der Waals surface area contributed by atoms with Gasteiger partial charge in [-0.3, -0.25) is 0 Å². The second-order valence-electron chi connectivity index (χ2n) is 6.10. The first kappa shape index (κ1) is 16.8. The molecule has 1 aromatic rings. The fourth-order valence-corrected chi connectivity index (χ4v) is 2.51. The predicted octanol–water partition coefficient (Wildman–Crippen LogP) is 3.09. The highest BCUT2D eigenvalue weighted by Crippen LogP contribution is 2.27. The van der Waals surface area contributed by atoms with E-state index < -0.39 is 11.9 Å². The van der Waals surface area contributed by atoms with E-state index in [2.05, 4.69) is 19.2 Å². The van der Waals surface area contributed by atoms with Crippen LogP contribution in [0.5, 0.6) is 0 Å². The third-order valence-electron chi connectivity index (χ3n) is 3.71. The van der Waals surface area contributed by atoms with Crippen molar-refractivity contribution < 1.29 is 19.0 Å². The summed E-state index contributed by atoms with van der Waals surface area (Å²) in [5, 5.41) is 2.89. The van der Waals surface area contributed by atoms with Gasteiger partial charge in [0.15, 0.2) is 5.79 Å². The predicted molar refractivity (Wildman–Crippen MR) is 83.3 cm³/mol. The summed E-state index contributed by atoms with van der Waals surface area (Å²) < 4.78 is 16.6. The van der Waals surface area contributed by atoms with Crippen molar-refractivity contribution in [1.82, 2.24) is 5.32 Å². The summed E-state index contributed by atoms with van der Waals surface area (Å²) in [6, 6.07) is 9.36. The molecular weight excluding hydrogens is 282 g/mol. The SMILES string of the molecule is CC(C)C[C@@H](NC(=O)OCc1ccccc1)C1(C)OCCO1. The van der Waals surface area contributed by atoms with Gasteiger partial charge in [0.1, 0.15) is 6.61 Å². The largest absolute Gasteiger partial charge is 0.445 e. The Labute approximate surface area is 131 Å². The molecule has 122 valence electrons. The Morgan fingerprint density at radius 2 is 1.91 bits per heavy atom. The van der Waals surface area contributed by atoms with Gasteiger partial charge in [-0.2, -0.15) is 0 Å². The maximum absolute atomic E-state index is 12.1. The third-order valence-corrected chi connectivity index (χ3v) is 3.71. The van der Waals surface area contributed by atoms with Gasteiger partial charge in [-0.15, -0.1) is 0 Å². The van der Waals surface area contributed by atoms with Gasteiger partial charge in [0, 0.05) is 0 Å². The number of alkyl carbamates (subject to hydrolysis) is 1. The van der Waals surface area contributed by atoms with Crippen LogP contribution < -0.4 is 5.32 Å². The van der Waals surface area contributed by atoms with Gasteiger partial charge >= 0.3 is 6.09 Å². The number of hydrogen-bond donors (Lipinski definition) is 1. The fourth-order valence-electron chi connectivity index (χ4n) is 2.51. The number of carbonyl (C=O) groups excluding carboxylic acids is 1. The highest BCUT2D eigenvalue weighted by molar-refractivity contribution is 5.67. The molecule has 0 saturated carbocycles. The van der Waals surface area contributed by atoms with Crippen molar-refractivity contribution in [3.05, 3.63) is 35.9 Å². The average Bonchev–Trinajstić information content (AvgIpc) is 2.93. The van der Waals surface area contributed by atoms with Gasteiger partial charge in [0.2, 0.25) is 0 Å². The zero-order chi connectivity index (χ0) is 16.0. The molecule has 1 N–H and O–H groups in total. The van der Waals surface area contributed by atoms with Crippen LogP contribution in [0.1, 0.15) is 32.8 Å². The first-order valence-corrected chi connectivity index (χ1v) is 7.75. The number of ether oxygens (including phenoxy) is 3. The summed E-state index contributed by atoms with van der Waals surface area (Å²) in [5.74, 6) is -0.375. The summed E-state index contributed by atoms with van der Waals surface area (Å²) in [6.45, 7) is 7.41. The molecule has 0 bridgehead atoms. The van der Waals surface area contributed by atoms with Gasteiger partial charge in [-0.05, 0) is 24.8 Å². The van der Waals surface area contributed by atoms with Crippen LogP contribution in [0.3, 0.4) is 0 Å². The molecule has 2 rings (SSSR count). The molecule has 0 aromatic heterocycles. The lowest BCUT2D eigenvalue weighted by Gasteiger charge is -2.33. The van der Waals surface area contributed by atoms with Crippen molar-refractivity contribution in [3.63, 3.8) is 0 Å². The van der Waals surface area contributed by atoms with Crippen molar-refractivity contribution in [1.29, 1.82) is 0 Å². The van der Waals surface area contributed by atoms with E-state index in [1.165, 1.54) is 0 Å². The Bertz CT molecular complexity index is 469. The number of carbonyl (C=O) groups is 1. The maximum Gasteiger partial charge on any atom is 0.407 e. The number of nitrogens with one attached hydrogen (secondary N) is 1. The lowest BCUT2D eigenvalue weighted by Crippen LogP contribution is -2.52. The summed E-state index contributed by atoms with van der Waals surface area (Å²) >= 11 is 0. The minimum absolute atomic E-state index is 0.238. The number of rotatable bonds is 6. The van der Waals surface area contributed by atoms with E-state index in [0.29, 0.717) is 19.1 Å². The van der Waals surface area contributed by atoms with Gasteiger partial charge in [0.05, 0.1) is 19.3 Å². The van der Waals surface area contributed by atoms with E-state index in [1.807, 2.05) is 37.3 Å². The van der Waals surface area contributed by atoms with Gasteiger partial charge in [-0.25, -0.2) is 4.79 Å². The molecule has 22 heavy (non-hydrogen) atoms. The van der Waals surface area contributed by atoms with E-state index in [4.69, 9.17) is 14.2 Å². The topological polar surface area (TPSA) is 56.8 Å². The standard InChI is InChI=1S/C17H25NO4/c1-13(2)11-15(17(3)21-9-10-22-17)18-16(19)20-12-14-7-5-4-6-8-14/h4-8,13,15H,9-12H2,1-3H3,(H,18,19)/t15-/m1/s1.